The quantitative estimate of drug-likeness (QED) is 0.832. The van der Waals surface area contributed by atoms with Crippen LogP contribution in [0.25, 0.3) is 0 Å². The lowest BCUT2D eigenvalue weighted by Gasteiger charge is -2.12. The molecule has 2 rings (SSSR count). The molecule has 9 heteroatoms. The van der Waals surface area contributed by atoms with Gasteiger partial charge in [-0.15, -0.1) is 13.2 Å². The van der Waals surface area contributed by atoms with E-state index in [0.717, 1.165) is 11.8 Å². The topological polar surface area (TPSA) is 56.1 Å². The molecular weight excluding hydrogens is 342 g/mol. The third kappa shape index (κ3) is 4.71. The molecular formula is C16H17F4N3O2. The molecule has 0 unspecified atom stereocenters. The summed E-state index contributed by atoms with van der Waals surface area (Å²) in [5.41, 5.74) is 0.868. The van der Waals surface area contributed by atoms with Crippen molar-refractivity contribution in [1.82, 2.24) is 15.1 Å². The highest BCUT2D eigenvalue weighted by molar-refractivity contribution is 5.92. The number of hydrogen-bond donors (Lipinski definition) is 1. The van der Waals surface area contributed by atoms with Crippen LogP contribution in [-0.2, 0) is 13.6 Å². The van der Waals surface area contributed by atoms with Gasteiger partial charge in [0.15, 0.2) is 11.6 Å². The number of carbonyl (C=O) groups excluding carboxylic acids is 1. The maximum absolute atomic E-state index is 14.1. The fraction of sp³-hybridized carbons (Fsp3) is 0.375. The average molecular weight is 359 g/mol. The molecule has 5 nitrogen and oxygen atoms in total. The van der Waals surface area contributed by atoms with Crippen molar-refractivity contribution in [1.29, 1.82) is 0 Å². The number of ether oxygens (including phenoxy) is 1. The molecule has 0 aliphatic rings. The van der Waals surface area contributed by atoms with Gasteiger partial charge in [0.2, 0.25) is 0 Å². The Balaban J connectivity index is 2.11. The molecule has 0 fully saturated rings. The Morgan fingerprint density at radius 2 is 2.04 bits per heavy atom. The summed E-state index contributed by atoms with van der Waals surface area (Å²) < 4.78 is 55.8. The Kier molecular flexibility index (Phi) is 5.34. The van der Waals surface area contributed by atoms with Crippen molar-refractivity contribution in [3.63, 3.8) is 0 Å². The number of nitrogens with zero attached hydrogens (tertiary/aromatic N) is 2. The highest BCUT2D eigenvalue weighted by atomic mass is 19.4. The smallest absolute Gasteiger partial charge is 0.403 e. The summed E-state index contributed by atoms with van der Waals surface area (Å²) in [7, 11) is 1.60. The van der Waals surface area contributed by atoms with E-state index < -0.39 is 23.8 Å². The zero-order chi connectivity index (χ0) is 18.8. The molecule has 0 atom stereocenters. The summed E-state index contributed by atoms with van der Waals surface area (Å²) >= 11 is 0. The Labute approximate surface area is 141 Å². The average Bonchev–Trinajstić information content (AvgIpc) is 2.89. The van der Waals surface area contributed by atoms with E-state index in [1.165, 1.54) is 16.8 Å². The number of amides is 1. The second kappa shape index (κ2) is 7.12. The summed E-state index contributed by atoms with van der Waals surface area (Å²) in [5, 5.41) is 6.66. The molecule has 0 saturated heterocycles. The van der Waals surface area contributed by atoms with Crippen LogP contribution in [0.4, 0.5) is 17.6 Å². The maximum atomic E-state index is 14.1. The van der Waals surface area contributed by atoms with Crippen LogP contribution in [0.5, 0.6) is 5.75 Å². The van der Waals surface area contributed by atoms with Crippen LogP contribution in [0.15, 0.2) is 24.3 Å². The lowest BCUT2D eigenvalue weighted by molar-refractivity contribution is -0.275. The van der Waals surface area contributed by atoms with Crippen molar-refractivity contribution in [2.75, 3.05) is 0 Å². The van der Waals surface area contributed by atoms with Crippen LogP contribution in [0, 0.1) is 5.82 Å². The highest BCUT2D eigenvalue weighted by Crippen LogP contribution is 2.27. The Morgan fingerprint density at radius 3 is 2.60 bits per heavy atom. The second-order valence-electron chi connectivity index (χ2n) is 5.69. The van der Waals surface area contributed by atoms with Crippen LogP contribution in [-0.4, -0.2) is 22.1 Å². The molecule has 1 N–H and O–H groups in total. The first-order valence-electron chi connectivity index (χ1n) is 7.43. The van der Waals surface area contributed by atoms with Crippen molar-refractivity contribution in [2.24, 2.45) is 7.05 Å². The van der Waals surface area contributed by atoms with Crippen molar-refractivity contribution >= 4 is 5.91 Å². The molecule has 0 spiro atoms. The molecule has 25 heavy (non-hydrogen) atoms. The van der Waals surface area contributed by atoms with Gasteiger partial charge in [0.1, 0.15) is 5.69 Å². The number of hydrogen-bond acceptors (Lipinski definition) is 3. The number of carbonyl (C=O) groups is 1. The number of nitrogens with one attached hydrogen (secondary N) is 1. The van der Waals surface area contributed by atoms with E-state index in [1.54, 1.807) is 13.1 Å². The fourth-order valence-electron chi connectivity index (χ4n) is 2.15. The molecule has 1 amide bonds. The number of aromatic nitrogens is 2. The normalized spacial score (nSPS) is 11.7. The molecule has 1 aromatic heterocycles. The van der Waals surface area contributed by atoms with Gasteiger partial charge in [-0.25, -0.2) is 4.39 Å². The first-order valence-corrected chi connectivity index (χ1v) is 7.43. The molecule has 0 saturated carbocycles. The van der Waals surface area contributed by atoms with Gasteiger partial charge in [-0.05, 0) is 18.1 Å². The number of rotatable bonds is 5. The zero-order valence-corrected chi connectivity index (χ0v) is 13.8. The van der Waals surface area contributed by atoms with E-state index in [0.29, 0.717) is 0 Å². The molecule has 2 aromatic rings. The van der Waals surface area contributed by atoms with Gasteiger partial charge in [-0.2, -0.15) is 5.10 Å². The molecule has 0 radical (unpaired) electrons. The van der Waals surface area contributed by atoms with Gasteiger partial charge in [0.05, 0.1) is 5.69 Å². The minimum Gasteiger partial charge on any atom is -0.403 e. The predicted octanol–water partition coefficient (Wildman–Crippen LogP) is 3.51. The van der Waals surface area contributed by atoms with Gasteiger partial charge in [0, 0.05) is 19.2 Å². The van der Waals surface area contributed by atoms with Gasteiger partial charge < -0.3 is 10.1 Å². The van der Waals surface area contributed by atoms with Gasteiger partial charge in [-0.3, -0.25) is 9.48 Å². The van der Waals surface area contributed by atoms with Crippen LogP contribution < -0.4 is 10.1 Å². The van der Waals surface area contributed by atoms with E-state index >= 15 is 0 Å². The van der Waals surface area contributed by atoms with Gasteiger partial charge in [-0.1, -0.05) is 26.0 Å². The predicted molar refractivity (Wildman–Crippen MR) is 81.6 cm³/mol. The minimum atomic E-state index is -5.00. The van der Waals surface area contributed by atoms with E-state index in [4.69, 9.17) is 0 Å². The second-order valence-corrected chi connectivity index (χ2v) is 5.69. The number of halogens is 4. The van der Waals surface area contributed by atoms with E-state index in [1.807, 2.05) is 13.8 Å². The summed E-state index contributed by atoms with van der Waals surface area (Å²) in [6.45, 7) is 3.55. The van der Waals surface area contributed by atoms with Gasteiger partial charge >= 0.3 is 6.36 Å². The standard InChI is InChI=1S/C16H17F4N3O2/c1-9(2)11-7-12(23(3)22-11)15(24)21-8-10-5-4-6-13(14(10)17)25-16(18,19)20/h4-7,9H,8H2,1-3H3,(H,21,24). The molecule has 1 aromatic carbocycles. The SMILES string of the molecule is CC(C)c1cc(C(=O)NCc2cccc(OC(F)(F)F)c2F)n(C)n1. The summed E-state index contributed by atoms with van der Waals surface area (Å²) in [6.07, 6.45) is -5.00. The van der Waals surface area contributed by atoms with E-state index in [2.05, 4.69) is 15.2 Å². The first-order chi connectivity index (χ1) is 11.6. The number of aryl methyl sites for hydroxylation is 1. The molecule has 1 heterocycles. The molecule has 136 valence electrons. The Morgan fingerprint density at radius 1 is 1.36 bits per heavy atom. The maximum Gasteiger partial charge on any atom is 0.573 e. The largest absolute Gasteiger partial charge is 0.573 e. The highest BCUT2D eigenvalue weighted by Gasteiger charge is 2.32. The minimum absolute atomic E-state index is 0.124. The molecule has 0 aliphatic carbocycles. The lowest BCUT2D eigenvalue weighted by Crippen LogP contribution is -2.26. The lowest BCUT2D eigenvalue weighted by atomic mass is 10.1. The Bertz CT molecular complexity index is 769. The van der Waals surface area contributed by atoms with Crippen LogP contribution >= 0.6 is 0 Å². The zero-order valence-electron chi connectivity index (χ0n) is 13.8. The summed E-state index contributed by atoms with van der Waals surface area (Å²) in [5.74, 6) is -2.50. The Hall–Kier alpha value is -2.58. The van der Waals surface area contributed by atoms with Crippen LogP contribution in [0.3, 0.4) is 0 Å². The fourth-order valence-corrected chi connectivity index (χ4v) is 2.15. The monoisotopic (exact) mass is 359 g/mol. The van der Waals surface area contributed by atoms with Crippen molar-refractivity contribution in [3.05, 3.63) is 47.0 Å². The third-order valence-electron chi connectivity index (χ3n) is 3.43. The third-order valence-corrected chi connectivity index (χ3v) is 3.43. The first kappa shape index (κ1) is 18.8. The van der Waals surface area contributed by atoms with Crippen molar-refractivity contribution in [3.8, 4) is 5.75 Å². The summed E-state index contributed by atoms with van der Waals surface area (Å²) in [4.78, 5) is 12.2. The number of alkyl halides is 3. The van der Waals surface area contributed by atoms with Crippen molar-refractivity contribution in [2.45, 2.75) is 32.7 Å². The van der Waals surface area contributed by atoms with Crippen LogP contribution in [0.1, 0.15) is 41.5 Å². The van der Waals surface area contributed by atoms with E-state index in [-0.39, 0.29) is 23.7 Å². The number of benzene rings is 1. The van der Waals surface area contributed by atoms with Crippen LogP contribution in [0.2, 0.25) is 0 Å². The summed E-state index contributed by atoms with van der Waals surface area (Å²) in [6, 6.07) is 4.96. The molecule has 0 aliphatic heterocycles. The molecule has 0 bridgehead atoms. The van der Waals surface area contributed by atoms with Gasteiger partial charge in [0.25, 0.3) is 5.91 Å². The van der Waals surface area contributed by atoms with Crippen molar-refractivity contribution < 1.29 is 27.1 Å². The van der Waals surface area contributed by atoms with E-state index in [9.17, 15) is 22.4 Å².